The maximum Gasteiger partial charge on any atom is 0.0201 e. The Bertz CT molecular complexity index is 189. The fourth-order valence-electron chi connectivity index (χ4n) is 1.82. The third kappa shape index (κ3) is 3.29. The van der Waals surface area contributed by atoms with E-state index in [2.05, 4.69) is 18.7 Å². The predicted molar refractivity (Wildman–Crippen MR) is 57.8 cm³/mol. The van der Waals surface area contributed by atoms with E-state index in [0.717, 1.165) is 19.6 Å². The monoisotopic (exact) mass is 202 g/mol. The topological polar surface area (TPSA) is 29.3 Å². The molecule has 0 spiro atoms. The molecule has 76 valence electrons. The van der Waals surface area contributed by atoms with Gasteiger partial charge in [-0.15, -0.1) is 0 Å². The first-order valence-electron chi connectivity index (χ1n) is 4.87. The van der Waals surface area contributed by atoms with Gasteiger partial charge in [0.15, 0.2) is 0 Å². The molecular weight excluding hydrogens is 184 g/mol. The lowest BCUT2D eigenvalue weighted by atomic mass is 10.0. The van der Waals surface area contributed by atoms with Crippen molar-refractivity contribution in [2.24, 2.45) is 11.7 Å². The van der Waals surface area contributed by atoms with Gasteiger partial charge in [0, 0.05) is 24.7 Å². The van der Waals surface area contributed by atoms with E-state index >= 15 is 0 Å². The lowest BCUT2D eigenvalue weighted by Crippen LogP contribution is -2.30. The quantitative estimate of drug-likeness (QED) is 0.757. The Balaban J connectivity index is 2.33. The molecule has 2 N–H and O–H groups in total. The lowest BCUT2D eigenvalue weighted by Gasteiger charge is -2.17. The Morgan fingerprint density at radius 1 is 1.77 bits per heavy atom. The molecule has 0 aromatic heterocycles. The summed E-state index contributed by atoms with van der Waals surface area (Å²) in [6.07, 6.45) is 1.23. The number of nitrogens with two attached hydrogens (primary N) is 1. The van der Waals surface area contributed by atoms with Gasteiger partial charge >= 0.3 is 0 Å². The fraction of sp³-hybridized carbons (Fsp3) is 0.800. The summed E-state index contributed by atoms with van der Waals surface area (Å²) in [5.74, 6) is 0.670. The summed E-state index contributed by atoms with van der Waals surface area (Å²) in [5, 5.41) is 0. The van der Waals surface area contributed by atoms with Gasteiger partial charge in [-0.05, 0) is 38.3 Å². The minimum absolute atomic E-state index is 0.324. The summed E-state index contributed by atoms with van der Waals surface area (Å²) >= 11 is 5.62. The molecule has 1 rings (SSSR count). The van der Waals surface area contributed by atoms with Gasteiger partial charge in [-0.25, -0.2) is 0 Å². The van der Waals surface area contributed by atoms with Crippen LogP contribution in [-0.2, 0) is 0 Å². The molecule has 0 aliphatic carbocycles. The molecular formula is C10H19ClN2. The first kappa shape index (κ1) is 11.0. The van der Waals surface area contributed by atoms with Gasteiger partial charge in [-0.2, -0.15) is 0 Å². The molecule has 0 bridgehead atoms. The second-order valence-corrected chi connectivity index (χ2v) is 4.32. The molecule has 2 unspecified atom stereocenters. The molecule has 0 saturated carbocycles. The van der Waals surface area contributed by atoms with E-state index in [4.69, 9.17) is 17.3 Å². The minimum Gasteiger partial charge on any atom is -0.328 e. The van der Waals surface area contributed by atoms with E-state index in [1.165, 1.54) is 12.0 Å². The van der Waals surface area contributed by atoms with Crippen LogP contribution in [0.4, 0.5) is 0 Å². The van der Waals surface area contributed by atoms with E-state index in [-0.39, 0.29) is 0 Å². The van der Waals surface area contributed by atoms with Crippen LogP contribution in [0.1, 0.15) is 20.3 Å². The zero-order chi connectivity index (χ0) is 9.84. The zero-order valence-electron chi connectivity index (χ0n) is 8.46. The molecule has 2 atom stereocenters. The highest BCUT2D eigenvalue weighted by Gasteiger charge is 2.24. The maximum atomic E-state index is 5.86. The van der Waals surface area contributed by atoms with E-state index in [0.29, 0.717) is 12.0 Å². The van der Waals surface area contributed by atoms with Crippen LogP contribution >= 0.6 is 11.6 Å². The molecule has 3 heteroatoms. The van der Waals surface area contributed by atoms with Gasteiger partial charge in [-0.1, -0.05) is 11.6 Å². The first-order valence-corrected chi connectivity index (χ1v) is 5.31. The highest BCUT2D eigenvalue weighted by atomic mass is 35.5. The lowest BCUT2D eigenvalue weighted by molar-refractivity contribution is 0.340. The second kappa shape index (κ2) is 4.99. The molecule has 1 heterocycles. The zero-order valence-corrected chi connectivity index (χ0v) is 9.22. The molecule has 0 amide bonds. The smallest absolute Gasteiger partial charge is 0.0201 e. The molecule has 0 radical (unpaired) electrons. The van der Waals surface area contributed by atoms with Crippen LogP contribution in [0.5, 0.6) is 0 Å². The van der Waals surface area contributed by atoms with Gasteiger partial charge in [0.05, 0.1) is 0 Å². The Morgan fingerprint density at radius 3 is 2.92 bits per heavy atom. The Morgan fingerprint density at radius 2 is 2.46 bits per heavy atom. The Labute approximate surface area is 85.7 Å². The largest absolute Gasteiger partial charge is 0.328 e. The van der Waals surface area contributed by atoms with E-state index in [1.54, 1.807) is 5.54 Å². The molecule has 0 aromatic rings. The van der Waals surface area contributed by atoms with E-state index in [1.807, 2.05) is 0 Å². The Hall–Kier alpha value is -0.0500. The average molecular weight is 203 g/mol. The molecule has 1 aliphatic rings. The average Bonchev–Trinajstić information content (AvgIpc) is 2.52. The summed E-state index contributed by atoms with van der Waals surface area (Å²) in [7, 11) is 0. The van der Waals surface area contributed by atoms with Gasteiger partial charge in [0.1, 0.15) is 0 Å². The number of rotatable bonds is 3. The molecule has 1 fully saturated rings. The van der Waals surface area contributed by atoms with Crippen molar-refractivity contribution < 1.29 is 0 Å². The van der Waals surface area contributed by atoms with Crippen LogP contribution in [0.3, 0.4) is 0 Å². The van der Waals surface area contributed by atoms with Gasteiger partial charge in [0.25, 0.3) is 0 Å². The molecule has 2 nitrogen and oxygen atoms in total. The molecule has 1 saturated heterocycles. The van der Waals surface area contributed by atoms with Crippen LogP contribution in [0, 0.1) is 5.92 Å². The predicted octanol–water partition coefficient (Wildman–Crippen LogP) is 1.80. The summed E-state index contributed by atoms with van der Waals surface area (Å²) in [6.45, 7) is 7.44. The summed E-state index contributed by atoms with van der Waals surface area (Å²) < 4.78 is 0. The van der Waals surface area contributed by atoms with Crippen LogP contribution in [0.15, 0.2) is 11.1 Å². The SMILES string of the molecule is CC(=CCl)CN1CCC(C(C)N)C1. The van der Waals surface area contributed by atoms with Crippen molar-refractivity contribution in [1.82, 2.24) is 4.90 Å². The van der Waals surface area contributed by atoms with E-state index < -0.39 is 0 Å². The highest BCUT2D eigenvalue weighted by molar-refractivity contribution is 6.25. The minimum atomic E-state index is 0.324. The van der Waals surface area contributed by atoms with Crippen LogP contribution in [0.25, 0.3) is 0 Å². The Kier molecular flexibility index (Phi) is 4.23. The van der Waals surface area contributed by atoms with Crippen molar-refractivity contribution >= 4 is 11.6 Å². The third-order valence-electron chi connectivity index (χ3n) is 2.71. The summed E-state index contributed by atoms with van der Waals surface area (Å²) in [4.78, 5) is 2.42. The summed E-state index contributed by atoms with van der Waals surface area (Å²) in [6, 6.07) is 0.324. The molecule has 1 aliphatic heterocycles. The fourth-order valence-corrected chi connectivity index (χ4v) is 1.89. The number of nitrogens with zero attached hydrogens (tertiary/aromatic N) is 1. The standard InChI is InChI=1S/C10H19ClN2/c1-8(5-11)6-13-4-3-10(7-13)9(2)12/h5,9-10H,3-4,6-7,12H2,1-2H3. The van der Waals surface area contributed by atoms with Crippen molar-refractivity contribution in [3.63, 3.8) is 0 Å². The van der Waals surface area contributed by atoms with Crippen molar-refractivity contribution in [2.75, 3.05) is 19.6 Å². The summed E-state index contributed by atoms with van der Waals surface area (Å²) in [5.41, 5.74) is 8.75. The molecule has 0 aromatic carbocycles. The maximum absolute atomic E-state index is 5.86. The van der Waals surface area contributed by atoms with Crippen LogP contribution < -0.4 is 5.73 Å². The normalized spacial score (nSPS) is 28.0. The van der Waals surface area contributed by atoms with E-state index in [9.17, 15) is 0 Å². The third-order valence-corrected chi connectivity index (χ3v) is 3.08. The number of hydrogen-bond acceptors (Lipinski definition) is 2. The molecule has 13 heavy (non-hydrogen) atoms. The van der Waals surface area contributed by atoms with Crippen molar-refractivity contribution in [1.29, 1.82) is 0 Å². The van der Waals surface area contributed by atoms with Crippen LogP contribution in [0.2, 0.25) is 0 Å². The first-order chi connectivity index (χ1) is 6.13. The van der Waals surface area contributed by atoms with Crippen molar-refractivity contribution in [3.05, 3.63) is 11.1 Å². The van der Waals surface area contributed by atoms with Gasteiger partial charge in [-0.3, -0.25) is 4.90 Å². The number of halogens is 1. The van der Waals surface area contributed by atoms with Crippen molar-refractivity contribution in [2.45, 2.75) is 26.3 Å². The highest BCUT2D eigenvalue weighted by Crippen LogP contribution is 2.19. The van der Waals surface area contributed by atoms with Crippen molar-refractivity contribution in [3.8, 4) is 0 Å². The second-order valence-electron chi connectivity index (χ2n) is 4.10. The van der Waals surface area contributed by atoms with Crippen LogP contribution in [-0.4, -0.2) is 30.6 Å². The van der Waals surface area contributed by atoms with Gasteiger partial charge in [0.2, 0.25) is 0 Å². The number of hydrogen-bond donors (Lipinski definition) is 1. The number of likely N-dealkylation sites (tertiary alicyclic amines) is 1. The van der Waals surface area contributed by atoms with Gasteiger partial charge < -0.3 is 5.73 Å².